The average Bonchev–Trinajstić information content (AvgIpc) is 2.22. The first-order valence-corrected chi connectivity index (χ1v) is 4.40. The lowest BCUT2D eigenvalue weighted by molar-refractivity contribution is 0.252. The van der Waals surface area contributed by atoms with Gasteiger partial charge in [-0.1, -0.05) is 12.1 Å². The van der Waals surface area contributed by atoms with E-state index in [1.165, 1.54) is 18.2 Å². The molecule has 0 saturated carbocycles. The molecule has 0 bridgehead atoms. The van der Waals surface area contributed by atoms with Crippen molar-refractivity contribution >= 4 is 11.7 Å². The third kappa shape index (κ3) is 3.65. The van der Waals surface area contributed by atoms with Gasteiger partial charge in [0, 0.05) is 6.54 Å². The van der Waals surface area contributed by atoms with E-state index in [4.69, 9.17) is 5.26 Å². The van der Waals surface area contributed by atoms with Crippen LogP contribution in [0.25, 0.3) is 0 Å². The minimum Gasteiger partial charge on any atom is -0.337 e. The van der Waals surface area contributed by atoms with Gasteiger partial charge in [0.05, 0.1) is 18.2 Å². The van der Waals surface area contributed by atoms with E-state index in [9.17, 15) is 9.18 Å². The van der Waals surface area contributed by atoms with E-state index >= 15 is 0 Å². The number of hydrogen-bond acceptors (Lipinski definition) is 2. The van der Waals surface area contributed by atoms with Crippen molar-refractivity contribution in [2.75, 3.05) is 11.9 Å². The van der Waals surface area contributed by atoms with Crippen molar-refractivity contribution in [2.24, 2.45) is 0 Å². The van der Waals surface area contributed by atoms with Crippen LogP contribution in [0.1, 0.15) is 6.42 Å². The lowest BCUT2D eigenvalue weighted by atomic mass is 10.3. The number of nitriles is 1. The number of benzene rings is 1. The van der Waals surface area contributed by atoms with Gasteiger partial charge in [0.25, 0.3) is 0 Å². The molecule has 0 saturated heterocycles. The van der Waals surface area contributed by atoms with Crippen molar-refractivity contribution in [1.82, 2.24) is 5.32 Å². The smallest absolute Gasteiger partial charge is 0.319 e. The van der Waals surface area contributed by atoms with Crippen LogP contribution < -0.4 is 10.6 Å². The van der Waals surface area contributed by atoms with E-state index in [0.29, 0.717) is 0 Å². The number of rotatable bonds is 3. The quantitative estimate of drug-likeness (QED) is 0.743. The van der Waals surface area contributed by atoms with Gasteiger partial charge >= 0.3 is 6.03 Å². The lowest BCUT2D eigenvalue weighted by Crippen LogP contribution is -2.29. The molecular weight excluding hydrogens is 197 g/mol. The number of carbonyl (C=O) groups is 1. The van der Waals surface area contributed by atoms with Crippen molar-refractivity contribution in [2.45, 2.75) is 6.42 Å². The Kier molecular flexibility index (Phi) is 4.10. The normalized spacial score (nSPS) is 9.07. The predicted octanol–water partition coefficient (Wildman–Crippen LogP) is 1.86. The molecule has 2 N–H and O–H groups in total. The van der Waals surface area contributed by atoms with Crippen molar-refractivity contribution in [3.8, 4) is 6.07 Å². The Morgan fingerprint density at radius 2 is 2.20 bits per heavy atom. The molecule has 0 radical (unpaired) electrons. The summed E-state index contributed by atoms with van der Waals surface area (Å²) >= 11 is 0. The Labute approximate surface area is 86.7 Å². The second kappa shape index (κ2) is 5.60. The van der Waals surface area contributed by atoms with Crippen molar-refractivity contribution in [1.29, 1.82) is 5.26 Å². The molecule has 1 aromatic carbocycles. The highest BCUT2D eigenvalue weighted by Crippen LogP contribution is 2.11. The average molecular weight is 207 g/mol. The molecule has 78 valence electrons. The van der Waals surface area contributed by atoms with Crippen LogP contribution in [0.2, 0.25) is 0 Å². The van der Waals surface area contributed by atoms with Gasteiger partial charge in [-0.25, -0.2) is 9.18 Å². The first-order valence-electron chi connectivity index (χ1n) is 4.40. The SMILES string of the molecule is N#CCCNC(=O)Nc1ccccc1F. The summed E-state index contributed by atoms with van der Waals surface area (Å²) in [4.78, 5) is 11.1. The molecule has 0 spiro atoms. The molecule has 1 rings (SSSR count). The zero-order valence-corrected chi connectivity index (χ0v) is 7.96. The third-order valence-electron chi connectivity index (χ3n) is 1.64. The summed E-state index contributed by atoms with van der Waals surface area (Å²) in [5.74, 6) is -0.493. The third-order valence-corrected chi connectivity index (χ3v) is 1.64. The van der Waals surface area contributed by atoms with Crippen LogP contribution in [-0.4, -0.2) is 12.6 Å². The summed E-state index contributed by atoms with van der Waals surface area (Å²) in [5.41, 5.74) is 0.118. The van der Waals surface area contributed by atoms with Crippen LogP contribution in [0, 0.1) is 17.1 Å². The molecule has 0 aromatic heterocycles. The van der Waals surface area contributed by atoms with Gasteiger partial charge in [0.2, 0.25) is 0 Å². The highest BCUT2D eigenvalue weighted by atomic mass is 19.1. The molecule has 0 aliphatic rings. The molecule has 0 fully saturated rings. The van der Waals surface area contributed by atoms with Crippen molar-refractivity contribution in [3.05, 3.63) is 30.1 Å². The van der Waals surface area contributed by atoms with E-state index < -0.39 is 11.8 Å². The number of para-hydroxylation sites is 1. The van der Waals surface area contributed by atoms with E-state index in [-0.39, 0.29) is 18.7 Å². The van der Waals surface area contributed by atoms with Gasteiger partial charge in [-0.05, 0) is 12.1 Å². The van der Waals surface area contributed by atoms with Gasteiger partial charge in [0.15, 0.2) is 0 Å². The topological polar surface area (TPSA) is 64.9 Å². The zero-order chi connectivity index (χ0) is 11.1. The molecule has 4 nitrogen and oxygen atoms in total. The molecule has 15 heavy (non-hydrogen) atoms. The number of halogens is 1. The second-order valence-electron chi connectivity index (χ2n) is 2.77. The number of urea groups is 1. The van der Waals surface area contributed by atoms with Crippen LogP contribution in [0.4, 0.5) is 14.9 Å². The maximum atomic E-state index is 13.0. The minimum absolute atomic E-state index is 0.118. The van der Waals surface area contributed by atoms with Gasteiger partial charge < -0.3 is 10.6 Å². The van der Waals surface area contributed by atoms with Crippen LogP contribution in [-0.2, 0) is 0 Å². The van der Waals surface area contributed by atoms with Gasteiger partial charge in [-0.3, -0.25) is 0 Å². The lowest BCUT2D eigenvalue weighted by Gasteiger charge is -2.06. The van der Waals surface area contributed by atoms with Crippen LogP contribution in [0.5, 0.6) is 0 Å². The summed E-state index contributed by atoms with van der Waals surface area (Å²) < 4.78 is 13.0. The van der Waals surface area contributed by atoms with Crippen molar-refractivity contribution in [3.63, 3.8) is 0 Å². The Hall–Kier alpha value is -2.09. The fourth-order valence-corrected chi connectivity index (χ4v) is 0.961. The predicted molar refractivity (Wildman–Crippen MR) is 53.7 cm³/mol. The molecule has 0 atom stereocenters. The van der Waals surface area contributed by atoms with Crippen molar-refractivity contribution < 1.29 is 9.18 Å². The summed E-state index contributed by atoms with van der Waals surface area (Å²) in [5, 5.41) is 13.0. The monoisotopic (exact) mass is 207 g/mol. The van der Waals surface area contributed by atoms with E-state index in [2.05, 4.69) is 10.6 Å². The Bertz CT molecular complexity index is 386. The number of carbonyl (C=O) groups excluding carboxylic acids is 1. The maximum absolute atomic E-state index is 13.0. The zero-order valence-electron chi connectivity index (χ0n) is 7.96. The molecule has 5 heteroatoms. The second-order valence-corrected chi connectivity index (χ2v) is 2.77. The van der Waals surface area contributed by atoms with E-state index in [0.717, 1.165) is 0 Å². The molecular formula is C10H10FN3O. The number of amides is 2. The van der Waals surface area contributed by atoms with Crippen LogP contribution in [0.15, 0.2) is 24.3 Å². The van der Waals surface area contributed by atoms with Crippen LogP contribution in [0.3, 0.4) is 0 Å². The van der Waals surface area contributed by atoms with Gasteiger partial charge in [-0.2, -0.15) is 5.26 Å². The summed E-state index contributed by atoms with van der Waals surface area (Å²) in [7, 11) is 0. The van der Waals surface area contributed by atoms with Crippen LogP contribution >= 0.6 is 0 Å². The summed E-state index contributed by atoms with van der Waals surface area (Å²) in [6, 6.07) is 7.23. The number of hydrogen-bond donors (Lipinski definition) is 2. The number of anilines is 1. The number of nitrogens with one attached hydrogen (secondary N) is 2. The molecule has 0 aliphatic heterocycles. The highest BCUT2D eigenvalue weighted by Gasteiger charge is 2.04. The standard InChI is InChI=1S/C10H10FN3O/c11-8-4-1-2-5-9(8)14-10(15)13-7-3-6-12/h1-2,4-5H,3,7H2,(H2,13,14,15). The Balaban J connectivity index is 2.45. The molecule has 1 aromatic rings. The fourth-order valence-electron chi connectivity index (χ4n) is 0.961. The summed E-state index contributed by atoms with van der Waals surface area (Å²) in [6.45, 7) is 0.247. The summed E-state index contributed by atoms with van der Waals surface area (Å²) in [6.07, 6.45) is 0.227. The maximum Gasteiger partial charge on any atom is 0.319 e. The fraction of sp³-hybridized carbons (Fsp3) is 0.200. The molecule has 0 heterocycles. The minimum atomic E-state index is -0.518. The molecule has 2 amide bonds. The van der Waals surface area contributed by atoms with E-state index in [1.807, 2.05) is 6.07 Å². The first kappa shape index (κ1) is 11.0. The Morgan fingerprint density at radius 3 is 2.87 bits per heavy atom. The largest absolute Gasteiger partial charge is 0.337 e. The highest BCUT2D eigenvalue weighted by molar-refractivity contribution is 5.89. The Morgan fingerprint density at radius 1 is 1.47 bits per heavy atom. The van der Waals surface area contributed by atoms with Gasteiger partial charge in [0.1, 0.15) is 5.82 Å². The molecule has 0 unspecified atom stereocenters. The first-order chi connectivity index (χ1) is 7.24. The number of nitrogens with zero attached hydrogens (tertiary/aromatic N) is 1. The van der Waals surface area contributed by atoms with E-state index in [1.54, 1.807) is 6.07 Å². The molecule has 0 aliphatic carbocycles. The van der Waals surface area contributed by atoms with Gasteiger partial charge in [-0.15, -0.1) is 0 Å².